The molecular weight excluding hydrogens is 316 g/mol. The Balaban J connectivity index is 1.58. The number of carbonyl (C=O) groups excluding carboxylic acids is 2. The zero-order valence-corrected chi connectivity index (χ0v) is 14.9. The third-order valence-electron chi connectivity index (χ3n) is 5.64. The van der Waals surface area contributed by atoms with Crippen LogP contribution in [0.25, 0.3) is 0 Å². The Morgan fingerprint density at radius 2 is 1.84 bits per heavy atom. The van der Waals surface area contributed by atoms with E-state index in [2.05, 4.69) is 30.3 Å². The number of likely N-dealkylation sites (tertiary alicyclic amines) is 1. The summed E-state index contributed by atoms with van der Waals surface area (Å²) in [5.41, 5.74) is 2.06. The Labute approximate surface area is 148 Å². The van der Waals surface area contributed by atoms with Gasteiger partial charge in [-0.25, -0.2) is 0 Å². The van der Waals surface area contributed by atoms with E-state index in [1.807, 2.05) is 28.0 Å². The number of hydrogen-bond donors (Lipinski definition) is 1. The van der Waals surface area contributed by atoms with Crippen LogP contribution in [0.5, 0.6) is 0 Å². The number of hydrogen-bond acceptors (Lipinski definition) is 4. The van der Waals surface area contributed by atoms with Crippen LogP contribution in [0.2, 0.25) is 0 Å². The summed E-state index contributed by atoms with van der Waals surface area (Å²) >= 11 is 0. The number of anilines is 2. The van der Waals surface area contributed by atoms with Crippen LogP contribution in [0.1, 0.15) is 13.3 Å². The number of rotatable bonds is 2. The molecule has 0 radical (unpaired) electrons. The number of amides is 2. The fourth-order valence-corrected chi connectivity index (χ4v) is 4.22. The fraction of sp³-hybridized carbons (Fsp3) is 0.579. The van der Waals surface area contributed by atoms with E-state index >= 15 is 0 Å². The molecule has 2 unspecified atom stereocenters. The molecule has 0 aliphatic carbocycles. The van der Waals surface area contributed by atoms with E-state index in [9.17, 15) is 9.59 Å². The maximum absolute atomic E-state index is 13.3. The van der Waals surface area contributed by atoms with Crippen LogP contribution in [0.15, 0.2) is 24.3 Å². The second kappa shape index (κ2) is 6.33. The highest BCUT2D eigenvalue weighted by Crippen LogP contribution is 2.35. The van der Waals surface area contributed by atoms with E-state index in [1.165, 1.54) is 0 Å². The SMILES string of the molecule is CC1CN(C)c2ccccc2N(C(=O)C2CC(=O)N(C3CNC3)C2)C1. The predicted octanol–water partition coefficient (Wildman–Crippen LogP) is 0.926. The molecule has 25 heavy (non-hydrogen) atoms. The second-order valence-corrected chi connectivity index (χ2v) is 7.68. The van der Waals surface area contributed by atoms with E-state index < -0.39 is 0 Å². The van der Waals surface area contributed by atoms with E-state index in [-0.39, 0.29) is 23.8 Å². The largest absolute Gasteiger partial charge is 0.373 e. The van der Waals surface area contributed by atoms with E-state index in [4.69, 9.17) is 0 Å². The van der Waals surface area contributed by atoms with Crippen molar-refractivity contribution < 1.29 is 9.59 Å². The molecule has 0 saturated carbocycles. The lowest BCUT2D eigenvalue weighted by Crippen LogP contribution is -2.57. The zero-order valence-electron chi connectivity index (χ0n) is 14.9. The van der Waals surface area contributed by atoms with Crippen molar-refractivity contribution in [1.29, 1.82) is 0 Å². The van der Waals surface area contributed by atoms with Gasteiger partial charge in [-0.05, 0) is 18.1 Å². The van der Waals surface area contributed by atoms with E-state index in [1.54, 1.807) is 0 Å². The van der Waals surface area contributed by atoms with Gasteiger partial charge in [-0.2, -0.15) is 0 Å². The van der Waals surface area contributed by atoms with Crippen LogP contribution in [0, 0.1) is 11.8 Å². The fourth-order valence-electron chi connectivity index (χ4n) is 4.22. The molecule has 2 amide bonds. The van der Waals surface area contributed by atoms with Gasteiger partial charge in [0, 0.05) is 46.2 Å². The predicted molar refractivity (Wildman–Crippen MR) is 97.7 cm³/mol. The zero-order chi connectivity index (χ0) is 17.6. The number of nitrogens with zero attached hydrogens (tertiary/aromatic N) is 3. The smallest absolute Gasteiger partial charge is 0.232 e. The molecule has 1 aromatic carbocycles. The molecule has 2 atom stereocenters. The van der Waals surface area contributed by atoms with Gasteiger partial charge in [0.05, 0.1) is 23.3 Å². The minimum Gasteiger partial charge on any atom is -0.373 e. The second-order valence-electron chi connectivity index (χ2n) is 7.68. The van der Waals surface area contributed by atoms with E-state index in [0.717, 1.165) is 31.0 Å². The molecular formula is C19H26N4O2. The third kappa shape index (κ3) is 2.88. The molecule has 134 valence electrons. The average Bonchev–Trinajstić information content (AvgIpc) is 2.85. The van der Waals surface area contributed by atoms with Crippen molar-refractivity contribution in [2.24, 2.45) is 11.8 Å². The number of nitrogens with one attached hydrogen (secondary N) is 1. The number of benzene rings is 1. The molecule has 6 nitrogen and oxygen atoms in total. The number of carbonyl (C=O) groups is 2. The quantitative estimate of drug-likeness (QED) is 0.869. The van der Waals surface area contributed by atoms with E-state index in [0.29, 0.717) is 25.4 Å². The Bertz CT molecular complexity index is 688. The van der Waals surface area contributed by atoms with Gasteiger partial charge in [-0.3, -0.25) is 9.59 Å². The van der Waals surface area contributed by atoms with Gasteiger partial charge in [0.15, 0.2) is 0 Å². The summed E-state index contributed by atoms with van der Waals surface area (Å²) in [6, 6.07) is 8.35. The third-order valence-corrected chi connectivity index (χ3v) is 5.64. The van der Waals surface area contributed by atoms with Gasteiger partial charge in [0.2, 0.25) is 11.8 Å². The Morgan fingerprint density at radius 3 is 2.52 bits per heavy atom. The van der Waals surface area contributed by atoms with Gasteiger partial charge in [0.25, 0.3) is 0 Å². The minimum atomic E-state index is -0.225. The standard InChI is InChI=1S/C19H26N4O2/c1-13-10-21(2)16-5-3-4-6-17(16)23(11-13)19(25)14-7-18(24)22(12-14)15-8-20-9-15/h3-6,13-15,20H,7-12H2,1-2H3. The summed E-state index contributed by atoms with van der Waals surface area (Å²) in [6.45, 7) is 6.06. The molecule has 1 aromatic rings. The van der Waals surface area contributed by atoms with Gasteiger partial charge in [-0.15, -0.1) is 0 Å². The topological polar surface area (TPSA) is 55.9 Å². The molecule has 3 aliphatic rings. The maximum atomic E-state index is 13.3. The summed E-state index contributed by atoms with van der Waals surface area (Å²) in [6.07, 6.45) is 0.345. The highest BCUT2D eigenvalue weighted by atomic mass is 16.2. The summed E-state index contributed by atoms with van der Waals surface area (Å²) in [5.74, 6) is 0.373. The molecule has 3 heterocycles. The molecule has 1 N–H and O–H groups in total. The van der Waals surface area contributed by atoms with Crippen molar-refractivity contribution in [3.63, 3.8) is 0 Å². The summed E-state index contributed by atoms with van der Waals surface area (Å²) in [5, 5.41) is 3.20. The molecule has 0 aromatic heterocycles. The number of fused-ring (bicyclic) bond motifs is 1. The molecule has 3 aliphatic heterocycles. The van der Waals surface area contributed by atoms with Crippen LogP contribution in [-0.4, -0.2) is 62.5 Å². The Hall–Kier alpha value is -2.08. The lowest BCUT2D eigenvalue weighted by molar-refractivity contribution is -0.130. The summed E-state index contributed by atoms with van der Waals surface area (Å²) < 4.78 is 0. The Kier molecular flexibility index (Phi) is 4.15. The van der Waals surface area contributed by atoms with Crippen molar-refractivity contribution in [2.75, 3.05) is 49.6 Å². The Morgan fingerprint density at radius 1 is 1.12 bits per heavy atom. The monoisotopic (exact) mass is 342 g/mol. The van der Waals surface area contributed by atoms with Gasteiger partial charge >= 0.3 is 0 Å². The normalized spacial score (nSPS) is 27.1. The van der Waals surface area contributed by atoms with Crippen LogP contribution in [-0.2, 0) is 9.59 Å². The average molecular weight is 342 g/mol. The lowest BCUT2D eigenvalue weighted by atomic mass is 10.0. The molecule has 6 heteroatoms. The van der Waals surface area contributed by atoms with Crippen molar-refractivity contribution in [3.8, 4) is 0 Å². The van der Waals surface area contributed by atoms with Gasteiger partial charge in [-0.1, -0.05) is 19.1 Å². The first-order chi connectivity index (χ1) is 12.0. The molecule has 0 spiro atoms. The van der Waals surface area contributed by atoms with Crippen molar-refractivity contribution in [2.45, 2.75) is 19.4 Å². The first-order valence-electron chi connectivity index (χ1n) is 9.16. The van der Waals surface area contributed by atoms with Gasteiger partial charge in [0.1, 0.15) is 0 Å². The van der Waals surface area contributed by atoms with Gasteiger partial charge < -0.3 is 20.0 Å². The van der Waals surface area contributed by atoms with Crippen LogP contribution in [0.4, 0.5) is 11.4 Å². The molecule has 2 saturated heterocycles. The van der Waals surface area contributed by atoms with Crippen LogP contribution < -0.4 is 15.1 Å². The first kappa shape index (κ1) is 16.4. The van der Waals surface area contributed by atoms with Crippen molar-refractivity contribution in [3.05, 3.63) is 24.3 Å². The molecule has 2 fully saturated rings. The number of para-hydroxylation sites is 2. The molecule has 0 bridgehead atoms. The van der Waals surface area contributed by atoms with Crippen molar-refractivity contribution >= 4 is 23.2 Å². The van der Waals surface area contributed by atoms with Crippen LogP contribution in [0.3, 0.4) is 0 Å². The highest BCUT2D eigenvalue weighted by molar-refractivity contribution is 6.01. The first-order valence-corrected chi connectivity index (χ1v) is 9.16. The lowest BCUT2D eigenvalue weighted by Gasteiger charge is -2.36. The minimum absolute atomic E-state index is 0.0951. The van der Waals surface area contributed by atoms with Crippen LogP contribution >= 0.6 is 0 Å². The summed E-state index contributed by atoms with van der Waals surface area (Å²) in [7, 11) is 2.08. The summed E-state index contributed by atoms with van der Waals surface area (Å²) in [4.78, 5) is 31.7. The maximum Gasteiger partial charge on any atom is 0.232 e. The van der Waals surface area contributed by atoms with Crippen molar-refractivity contribution in [1.82, 2.24) is 10.2 Å². The molecule has 4 rings (SSSR count). The highest BCUT2D eigenvalue weighted by Gasteiger charge is 2.42.